The number of hydrogen-bond acceptors (Lipinski definition) is 3. The van der Waals surface area contributed by atoms with Gasteiger partial charge in [0, 0.05) is 24.7 Å². The third-order valence-electron chi connectivity index (χ3n) is 3.80. The average molecular weight is 399 g/mol. The number of nitrogens with zero attached hydrogens (tertiary/aromatic N) is 1. The fraction of sp³-hybridized carbons (Fsp3) is 0.278. The summed E-state index contributed by atoms with van der Waals surface area (Å²) in [7, 11) is -3.79. The smallest absolute Gasteiger partial charge is 0.257 e. The highest BCUT2D eigenvalue weighted by Gasteiger charge is 2.22. The Morgan fingerprint density at radius 1 is 1.19 bits per heavy atom. The zero-order valence-electron chi connectivity index (χ0n) is 14.5. The van der Waals surface area contributed by atoms with Gasteiger partial charge in [0.05, 0.1) is 10.5 Å². The zero-order valence-corrected chi connectivity index (χ0v) is 16.1. The van der Waals surface area contributed by atoms with Crippen molar-refractivity contribution in [3.63, 3.8) is 0 Å². The van der Waals surface area contributed by atoms with Crippen LogP contribution in [0.5, 0.6) is 0 Å². The van der Waals surface area contributed by atoms with Crippen molar-refractivity contribution in [2.24, 2.45) is 0 Å². The van der Waals surface area contributed by atoms with Crippen molar-refractivity contribution in [1.82, 2.24) is 9.62 Å². The first-order valence-corrected chi connectivity index (χ1v) is 9.98. The topological polar surface area (TPSA) is 66.5 Å². The average Bonchev–Trinajstić information content (AvgIpc) is 2.60. The summed E-state index contributed by atoms with van der Waals surface area (Å²) >= 11 is 6.13. The number of halogens is 2. The first-order chi connectivity index (χ1) is 12.3. The molecule has 140 valence electrons. The summed E-state index contributed by atoms with van der Waals surface area (Å²) in [4.78, 5) is 14.0. The van der Waals surface area contributed by atoms with Gasteiger partial charge in [0.25, 0.3) is 5.91 Å². The molecule has 0 atom stereocenters. The molecule has 2 rings (SSSR count). The predicted octanol–water partition coefficient (Wildman–Crippen LogP) is 3.44. The molecule has 0 spiro atoms. The van der Waals surface area contributed by atoms with Crippen molar-refractivity contribution >= 4 is 27.5 Å². The summed E-state index contributed by atoms with van der Waals surface area (Å²) in [5.41, 5.74) is 0.430. The van der Waals surface area contributed by atoms with Crippen LogP contribution in [0.25, 0.3) is 0 Å². The fourth-order valence-electron chi connectivity index (χ4n) is 2.44. The standard InChI is InChI=1S/C18H20ClFN2O3S/c1-3-21-26(24,25)14-9-10-17(20)15(11-14)18(23)22(4-2)12-13-7-5-6-8-16(13)19/h5-11,21H,3-4,12H2,1-2H3. The van der Waals surface area contributed by atoms with Crippen LogP contribution in [0.3, 0.4) is 0 Å². The van der Waals surface area contributed by atoms with E-state index in [0.29, 0.717) is 11.6 Å². The number of sulfonamides is 1. The molecule has 0 radical (unpaired) electrons. The van der Waals surface area contributed by atoms with Gasteiger partial charge in [-0.2, -0.15) is 0 Å². The monoisotopic (exact) mass is 398 g/mol. The summed E-state index contributed by atoms with van der Waals surface area (Å²) in [5.74, 6) is -1.37. The minimum Gasteiger partial charge on any atom is -0.334 e. The Hall–Kier alpha value is -1.96. The normalized spacial score (nSPS) is 11.4. The second-order valence-corrected chi connectivity index (χ2v) is 7.73. The van der Waals surface area contributed by atoms with Crippen molar-refractivity contribution in [1.29, 1.82) is 0 Å². The number of nitrogens with one attached hydrogen (secondary N) is 1. The van der Waals surface area contributed by atoms with Gasteiger partial charge in [-0.1, -0.05) is 36.7 Å². The molecule has 0 heterocycles. The molecule has 2 aromatic rings. The molecule has 8 heteroatoms. The SMILES string of the molecule is CCNS(=O)(=O)c1ccc(F)c(C(=O)N(CC)Cc2ccccc2Cl)c1. The van der Waals surface area contributed by atoms with E-state index in [9.17, 15) is 17.6 Å². The molecule has 0 saturated heterocycles. The molecular formula is C18H20ClFN2O3S. The molecule has 0 aliphatic heterocycles. The van der Waals surface area contributed by atoms with E-state index in [0.717, 1.165) is 23.8 Å². The van der Waals surface area contributed by atoms with Crippen LogP contribution in [0.1, 0.15) is 29.8 Å². The molecule has 0 aliphatic rings. The van der Waals surface area contributed by atoms with Crippen LogP contribution in [0.4, 0.5) is 4.39 Å². The number of carbonyl (C=O) groups is 1. The first kappa shape index (κ1) is 20.4. The van der Waals surface area contributed by atoms with Crippen LogP contribution >= 0.6 is 11.6 Å². The Balaban J connectivity index is 2.36. The van der Waals surface area contributed by atoms with Gasteiger partial charge in [-0.15, -0.1) is 0 Å². The van der Waals surface area contributed by atoms with Gasteiger partial charge >= 0.3 is 0 Å². The molecule has 1 amide bonds. The molecule has 2 aromatic carbocycles. The van der Waals surface area contributed by atoms with E-state index in [1.54, 1.807) is 38.1 Å². The second-order valence-electron chi connectivity index (χ2n) is 5.55. The summed E-state index contributed by atoms with van der Waals surface area (Å²) in [5, 5.41) is 0.502. The van der Waals surface area contributed by atoms with Gasteiger partial charge < -0.3 is 4.90 Å². The van der Waals surface area contributed by atoms with Crippen LogP contribution in [-0.2, 0) is 16.6 Å². The molecule has 26 heavy (non-hydrogen) atoms. The maximum Gasteiger partial charge on any atom is 0.257 e. The Morgan fingerprint density at radius 3 is 2.50 bits per heavy atom. The minimum absolute atomic E-state index is 0.155. The van der Waals surface area contributed by atoms with E-state index in [1.807, 2.05) is 0 Å². The number of hydrogen-bond donors (Lipinski definition) is 1. The summed E-state index contributed by atoms with van der Waals surface area (Å²) in [6, 6.07) is 10.2. The highest BCUT2D eigenvalue weighted by molar-refractivity contribution is 7.89. The van der Waals surface area contributed by atoms with Gasteiger partial charge in [0.1, 0.15) is 5.82 Å². The lowest BCUT2D eigenvalue weighted by molar-refractivity contribution is 0.0747. The molecule has 5 nitrogen and oxygen atoms in total. The largest absolute Gasteiger partial charge is 0.334 e. The fourth-order valence-corrected chi connectivity index (χ4v) is 3.70. The van der Waals surface area contributed by atoms with Gasteiger partial charge in [-0.05, 0) is 36.8 Å². The maximum atomic E-state index is 14.2. The number of carbonyl (C=O) groups excluding carboxylic acids is 1. The van der Waals surface area contributed by atoms with Gasteiger partial charge in [-0.25, -0.2) is 17.5 Å². The molecule has 0 unspecified atom stereocenters. The number of benzene rings is 2. The number of rotatable bonds is 7. The molecule has 0 aliphatic carbocycles. The third kappa shape index (κ3) is 4.60. The van der Waals surface area contributed by atoms with Crippen molar-refractivity contribution < 1.29 is 17.6 Å². The summed E-state index contributed by atoms with van der Waals surface area (Å²) in [6.07, 6.45) is 0. The van der Waals surface area contributed by atoms with Crippen LogP contribution in [0.15, 0.2) is 47.4 Å². The Labute approximate surface area is 157 Å². The van der Waals surface area contributed by atoms with Crippen LogP contribution < -0.4 is 4.72 Å². The van der Waals surface area contributed by atoms with Gasteiger partial charge in [0.2, 0.25) is 10.0 Å². The molecule has 0 aromatic heterocycles. The summed E-state index contributed by atoms with van der Waals surface area (Å²) in [6.45, 7) is 4.09. The van der Waals surface area contributed by atoms with Crippen LogP contribution in [0, 0.1) is 5.82 Å². The van der Waals surface area contributed by atoms with Gasteiger partial charge in [0.15, 0.2) is 0 Å². The van der Waals surface area contributed by atoms with E-state index in [4.69, 9.17) is 11.6 Å². The molecule has 0 bridgehead atoms. The van der Waals surface area contributed by atoms with E-state index in [-0.39, 0.29) is 23.5 Å². The van der Waals surface area contributed by atoms with E-state index in [1.165, 1.54) is 4.90 Å². The summed E-state index contributed by atoms with van der Waals surface area (Å²) < 4.78 is 40.8. The lowest BCUT2D eigenvalue weighted by atomic mass is 10.1. The lowest BCUT2D eigenvalue weighted by Gasteiger charge is -2.22. The maximum absolute atomic E-state index is 14.2. The predicted molar refractivity (Wildman–Crippen MR) is 99.1 cm³/mol. The first-order valence-electron chi connectivity index (χ1n) is 8.12. The molecule has 0 saturated carbocycles. The quantitative estimate of drug-likeness (QED) is 0.776. The Kier molecular flexibility index (Phi) is 6.75. The minimum atomic E-state index is -3.79. The van der Waals surface area contributed by atoms with E-state index in [2.05, 4.69) is 4.72 Å². The van der Waals surface area contributed by atoms with Crippen molar-refractivity contribution in [2.45, 2.75) is 25.3 Å². The van der Waals surface area contributed by atoms with Crippen molar-refractivity contribution in [3.8, 4) is 0 Å². The van der Waals surface area contributed by atoms with E-state index >= 15 is 0 Å². The molecule has 0 fully saturated rings. The second kappa shape index (κ2) is 8.62. The lowest BCUT2D eigenvalue weighted by Crippen LogP contribution is -2.31. The van der Waals surface area contributed by atoms with Crippen molar-refractivity contribution in [2.75, 3.05) is 13.1 Å². The van der Waals surface area contributed by atoms with Crippen molar-refractivity contribution in [3.05, 3.63) is 64.4 Å². The Bertz CT molecular complexity index is 903. The number of amides is 1. The molecular weight excluding hydrogens is 379 g/mol. The highest BCUT2D eigenvalue weighted by atomic mass is 35.5. The van der Waals surface area contributed by atoms with E-state index < -0.39 is 21.7 Å². The van der Waals surface area contributed by atoms with Gasteiger partial charge in [-0.3, -0.25) is 4.79 Å². The third-order valence-corrected chi connectivity index (χ3v) is 5.71. The Morgan fingerprint density at radius 2 is 1.88 bits per heavy atom. The molecule has 1 N–H and O–H groups in total. The zero-order chi connectivity index (χ0) is 19.3. The highest BCUT2D eigenvalue weighted by Crippen LogP contribution is 2.21. The van der Waals surface area contributed by atoms with Crippen LogP contribution in [0.2, 0.25) is 5.02 Å². The van der Waals surface area contributed by atoms with Crippen LogP contribution in [-0.4, -0.2) is 32.3 Å².